The summed E-state index contributed by atoms with van der Waals surface area (Å²) in [5.41, 5.74) is 2.05. The van der Waals surface area contributed by atoms with Crippen molar-refractivity contribution in [1.29, 1.82) is 0 Å². The Morgan fingerprint density at radius 2 is 2.15 bits per heavy atom. The van der Waals surface area contributed by atoms with Crippen LogP contribution in [0.15, 0.2) is 42.7 Å². The second kappa shape index (κ2) is 2.33. The minimum atomic E-state index is 0.874. The quantitative estimate of drug-likeness (QED) is 0.502. The molecule has 3 aromatic rings. The van der Waals surface area contributed by atoms with Crippen molar-refractivity contribution < 1.29 is 0 Å². The minimum absolute atomic E-state index is 0.874. The molecule has 1 radical (unpaired) electrons. The standard InChI is InChI=1S/C11H7N2/c1-2-4-10-9(3-1)5-6-11-12-7-8-13(10)11/h1-5,7-8H. The molecule has 0 spiro atoms. The van der Waals surface area contributed by atoms with Gasteiger partial charge in [-0.15, -0.1) is 0 Å². The number of hydrogen-bond donors (Lipinski definition) is 0. The number of benzene rings is 1. The van der Waals surface area contributed by atoms with Gasteiger partial charge in [0.1, 0.15) is 5.65 Å². The van der Waals surface area contributed by atoms with Crippen LogP contribution in [0.1, 0.15) is 0 Å². The first-order valence-corrected chi connectivity index (χ1v) is 4.18. The van der Waals surface area contributed by atoms with Crippen molar-refractivity contribution in [3.63, 3.8) is 0 Å². The van der Waals surface area contributed by atoms with E-state index < -0.39 is 0 Å². The van der Waals surface area contributed by atoms with E-state index in [0.717, 1.165) is 5.65 Å². The zero-order chi connectivity index (χ0) is 8.67. The van der Waals surface area contributed by atoms with E-state index in [0.29, 0.717) is 0 Å². The number of rotatable bonds is 0. The smallest absolute Gasteiger partial charge is 0.145 e. The lowest BCUT2D eigenvalue weighted by Crippen LogP contribution is -1.85. The number of para-hydroxylation sites is 1. The summed E-state index contributed by atoms with van der Waals surface area (Å²) in [5, 5.41) is 1.19. The number of pyridine rings is 1. The van der Waals surface area contributed by atoms with Crippen molar-refractivity contribution in [2.45, 2.75) is 0 Å². The summed E-state index contributed by atoms with van der Waals surface area (Å²) < 4.78 is 2.04. The fourth-order valence-corrected chi connectivity index (χ4v) is 1.58. The van der Waals surface area contributed by atoms with Gasteiger partial charge in [0.05, 0.1) is 5.52 Å². The van der Waals surface area contributed by atoms with E-state index >= 15 is 0 Å². The first-order valence-electron chi connectivity index (χ1n) is 4.18. The maximum atomic E-state index is 4.18. The zero-order valence-corrected chi connectivity index (χ0v) is 6.94. The number of aromatic nitrogens is 2. The van der Waals surface area contributed by atoms with Crippen molar-refractivity contribution >= 4 is 16.6 Å². The molecule has 2 heterocycles. The molecule has 1 aromatic carbocycles. The summed E-state index contributed by atoms with van der Waals surface area (Å²) in [4.78, 5) is 4.18. The molecule has 0 unspecified atom stereocenters. The van der Waals surface area contributed by atoms with Gasteiger partial charge >= 0.3 is 0 Å². The van der Waals surface area contributed by atoms with E-state index in [1.807, 2.05) is 28.8 Å². The molecular weight excluding hydrogens is 160 g/mol. The molecule has 0 bridgehead atoms. The molecule has 2 nitrogen and oxygen atoms in total. The van der Waals surface area contributed by atoms with Crippen LogP contribution in [0.3, 0.4) is 0 Å². The molecule has 0 aliphatic rings. The maximum Gasteiger partial charge on any atom is 0.145 e. The van der Waals surface area contributed by atoms with E-state index in [1.165, 1.54) is 10.9 Å². The molecule has 2 heteroatoms. The van der Waals surface area contributed by atoms with Gasteiger partial charge in [-0.2, -0.15) is 0 Å². The summed E-state index contributed by atoms with van der Waals surface area (Å²) in [5.74, 6) is 0. The van der Waals surface area contributed by atoms with E-state index in [2.05, 4.69) is 23.2 Å². The van der Waals surface area contributed by atoms with Gasteiger partial charge in [0.25, 0.3) is 0 Å². The van der Waals surface area contributed by atoms with Gasteiger partial charge in [-0.05, 0) is 17.5 Å². The zero-order valence-electron chi connectivity index (χ0n) is 6.94. The van der Waals surface area contributed by atoms with Gasteiger partial charge < -0.3 is 0 Å². The highest BCUT2D eigenvalue weighted by atomic mass is 15.0. The Hall–Kier alpha value is -1.83. The monoisotopic (exact) mass is 167 g/mol. The van der Waals surface area contributed by atoms with Crippen molar-refractivity contribution in [3.8, 4) is 0 Å². The van der Waals surface area contributed by atoms with Crippen LogP contribution in [0.4, 0.5) is 0 Å². The third-order valence-corrected chi connectivity index (χ3v) is 2.19. The van der Waals surface area contributed by atoms with Crippen LogP contribution < -0.4 is 0 Å². The Bertz CT molecular complexity index is 566. The molecule has 2 aromatic heterocycles. The normalized spacial score (nSPS) is 11.1. The van der Waals surface area contributed by atoms with Crippen molar-refractivity contribution in [2.24, 2.45) is 0 Å². The van der Waals surface area contributed by atoms with E-state index in [9.17, 15) is 0 Å². The molecule has 0 aliphatic heterocycles. The van der Waals surface area contributed by atoms with Gasteiger partial charge in [-0.3, -0.25) is 4.40 Å². The van der Waals surface area contributed by atoms with E-state index in [1.54, 1.807) is 6.20 Å². The molecule has 61 valence electrons. The van der Waals surface area contributed by atoms with Gasteiger partial charge in [0.2, 0.25) is 0 Å². The summed E-state index contributed by atoms with van der Waals surface area (Å²) in [6.07, 6.45) is 3.74. The molecule has 3 rings (SSSR count). The van der Waals surface area contributed by atoms with Crippen molar-refractivity contribution in [1.82, 2.24) is 9.38 Å². The van der Waals surface area contributed by atoms with Crippen LogP contribution in [0.2, 0.25) is 0 Å². The molecule has 0 atom stereocenters. The first-order chi connectivity index (χ1) is 6.45. The van der Waals surface area contributed by atoms with E-state index in [4.69, 9.17) is 0 Å². The average Bonchev–Trinajstić information content (AvgIpc) is 2.65. The highest BCUT2D eigenvalue weighted by Crippen LogP contribution is 2.14. The molecule has 0 fully saturated rings. The largest absolute Gasteiger partial charge is 0.299 e. The third-order valence-electron chi connectivity index (χ3n) is 2.19. The molecule has 0 aliphatic carbocycles. The molecule has 0 saturated heterocycles. The topological polar surface area (TPSA) is 17.3 Å². The van der Waals surface area contributed by atoms with Gasteiger partial charge in [-0.25, -0.2) is 4.98 Å². The first kappa shape index (κ1) is 6.66. The van der Waals surface area contributed by atoms with Gasteiger partial charge in [0.15, 0.2) is 0 Å². The number of fused-ring (bicyclic) bond motifs is 3. The summed E-state index contributed by atoms with van der Waals surface area (Å²) in [6.45, 7) is 0. The Labute approximate surface area is 75.5 Å². The van der Waals surface area contributed by atoms with E-state index in [-0.39, 0.29) is 0 Å². The predicted octanol–water partition coefficient (Wildman–Crippen LogP) is 2.29. The fraction of sp³-hybridized carbons (Fsp3) is 0. The summed E-state index contributed by atoms with van der Waals surface area (Å²) in [7, 11) is 0. The van der Waals surface area contributed by atoms with Crippen LogP contribution in [0.5, 0.6) is 0 Å². The SMILES string of the molecule is [c]1cc2ccccc2n2ccnc12. The Balaban J connectivity index is 2.65. The average molecular weight is 167 g/mol. The fourth-order valence-electron chi connectivity index (χ4n) is 1.58. The lowest BCUT2D eigenvalue weighted by atomic mass is 10.2. The van der Waals surface area contributed by atoms with Crippen LogP contribution in [-0.2, 0) is 0 Å². The second-order valence-corrected chi connectivity index (χ2v) is 2.97. The van der Waals surface area contributed by atoms with Crippen molar-refractivity contribution in [2.75, 3.05) is 0 Å². The predicted molar refractivity (Wildman–Crippen MR) is 51.5 cm³/mol. The lowest BCUT2D eigenvalue weighted by Gasteiger charge is -1.99. The molecule has 0 amide bonds. The molecule has 13 heavy (non-hydrogen) atoms. The van der Waals surface area contributed by atoms with Gasteiger partial charge in [0, 0.05) is 18.5 Å². The van der Waals surface area contributed by atoms with Crippen LogP contribution in [-0.4, -0.2) is 9.38 Å². The molecule has 0 saturated carbocycles. The highest BCUT2D eigenvalue weighted by molar-refractivity contribution is 5.81. The number of hydrogen-bond acceptors (Lipinski definition) is 1. The van der Waals surface area contributed by atoms with Gasteiger partial charge in [-0.1, -0.05) is 18.2 Å². The lowest BCUT2D eigenvalue weighted by molar-refractivity contribution is 1.25. The summed E-state index contributed by atoms with van der Waals surface area (Å²) >= 11 is 0. The Kier molecular flexibility index (Phi) is 1.19. The number of nitrogens with zero attached hydrogens (tertiary/aromatic N) is 2. The number of imidazole rings is 1. The Morgan fingerprint density at radius 3 is 3.15 bits per heavy atom. The molecule has 0 N–H and O–H groups in total. The minimum Gasteiger partial charge on any atom is -0.299 e. The maximum absolute atomic E-state index is 4.18. The molecular formula is C11H7N2. The van der Waals surface area contributed by atoms with Crippen LogP contribution in [0, 0.1) is 6.07 Å². The Morgan fingerprint density at radius 1 is 1.23 bits per heavy atom. The highest BCUT2D eigenvalue weighted by Gasteiger charge is 1.97. The summed E-state index contributed by atoms with van der Waals surface area (Å²) in [6, 6.07) is 13.3. The van der Waals surface area contributed by atoms with Crippen molar-refractivity contribution in [3.05, 3.63) is 48.8 Å². The third kappa shape index (κ3) is 0.855. The van der Waals surface area contributed by atoms with Crippen LogP contribution >= 0.6 is 0 Å². The van der Waals surface area contributed by atoms with Crippen LogP contribution in [0.25, 0.3) is 16.6 Å². The second-order valence-electron chi connectivity index (χ2n) is 2.97.